The van der Waals surface area contributed by atoms with Gasteiger partial charge in [0.2, 0.25) is 0 Å². The quantitative estimate of drug-likeness (QED) is 0.259. The van der Waals surface area contributed by atoms with E-state index in [1.807, 2.05) is 18.2 Å². The minimum Gasteiger partial charge on any atom is -0.497 e. The van der Waals surface area contributed by atoms with Crippen molar-refractivity contribution >= 4 is 39.4 Å². The molecule has 0 atom stereocenters. The predicted molar refractivity (Wildman–Crippen MR) is 157 cm³/mol. The third-order valence-corrected chi connectivity index (χ3v) is 6.60. The van der Waals surface area contributed by atoms with Crippen LogP contribution in [0.5, 0.6) is 5.75 Å². The molecular formula is C31H29N3O5S. The Morgan fingerprint density at radius 1 is 0.775 bits per heavy atom. The predicted octanol–water partition coefficient (Wildman–Crippen LogP) is 6.86. The average molecular weight is 556 g/mol. The first-order valence-electron chi connectivity index (χ1n) is 12.5. The summed E-state index contributed by atoms with van der Waals surface area (Å²) in [6.07, 6.45) is 0. The number of benzene rings is 4. The molecule has 4 aromatic rings. The summed E-state index contributed by atoms with van der Waals surface area (Å²) >= 11 is 0. The third kappa shape index (κ3) is 6.62. The first-order chi connectivity index (χ1) is 19.1. The molecule has 0 aromatic heterocycles. The smallest absolute Gasteiger partial charge is 0.316 e. The highest BCUT2D eigenvalue weighted by atomic mass is 32.2. The Kier molecular flexibility index (Phi) is 8.45. The molecule has 204 valence electrons. The topological polar surface area (TPSA) is 114 Å². The van der Waals surface area contributed by atoms with Crippen molar-refractivity contribution in [1.29, 1.82) is 0 Å². The zero-order chi connectivity index (χ0) is 28.9. The van der Waals surface area contributed by atoms with E-state index in [1.165, 1.54) is 6.07 Å². The zero-order valence-electron chi connectivity index (χ0n) is 22.6. The van der Waals surface area contributed by atoms with Gasteiger partial charge in [0, 0.05) is 16.8 Å². The van der Waals surface area contributed by atoms with Crippen LogP contribution in [0.3, 0.4) is 0 Å². The van der Waals surface area contributed by atoms with Gasteiger partial charge in [-0.05, 0) is 59.0 Å². The first-order valence-corrected chi connectivity index (χ1v) is 13.5. The van der Waals surface area contributed by atoms with Gasteiger partial charge in [0.15, 0.2) is 0 Å². The number of nitrogens with one attached hydrogen (secondary N) is 2. The minimum absolute atomic E-state index is 0.0264. The number of rotatable bonds is 7. The molecule has 0 spiro atoms. The minimum atomic E-state index is -2.87. The molecule has 0 aliphatic rings. The average Bonchev–Trinajstić information content (AvgIpc) is 2.94. The fraction of sp³-hybridized carbons (Fsp3) is 0.161. The van der Waals surface area contributed by atoms with E-state index in [-0.39, 0.29) is 22.4 Å². The third-order valence-electron chi connectivity index (χ3n) is 6.27. The van der Waals surface area contributed by atoms with E-state index >= 15 is 0 Å². The Bertz CT molecular complexity index is 1670. The Labute approximate surface area is 234 Å². The monoisotopic (exact) mass is 555 g/mol. The number of carbonyl (C=O) groups is 2. The molecule has 0 aliphatic carbocycles. The van der Waals surface area contributed by atoms with Crippen molar-refractivity contribution in [3.8, 4) is 16.9 Å². The maximum absolute atomic E-state index is 13.5. The van der Waals surface area contributed by atoms with E-state index in [0.29, 0.717) is 28.1 Å². The summed E-state index contributed by atoms with van der Waals surface area (Å²) in [7, 11) is -1.33. The van der Waals surface area contributed by atoms with Crippen LogP contribution in [-0.4, -0.2) is 27.3 Å². The Balaban J connectivity index is 1.82. The first kappa shape index (κ1) is 28.3. The molecule has 0 unspecified atom stereocenters. The highest BCUT2D eigenvalue weighted by molar-refractivity contribution is 7.61. The van der Waals surface area contributed by atoms with Crippen molar-refractivity contribution in [3.63, 3.8) is 0 Å². The number of nitrogens with zero attached hydrogens (tertiary/aromatic N) is 1. The van der Waals surface area contributed by atoms with E-state index in [0.717, 1.165) is 5.56 Å². The van der Waals surface area contributed by atoms with E-state index in [2.05, 4.69) is 35.8 Å². The largest absolute Gasteiger partial charge is 0.497 e. The van der Waals surface area contributed by atoms with Gasteiger partial charge in [0.25, 0.3) is 11.8 Å². The van der Waals surface area contributed by atoms with Gasteiger partial charge in [-0.15, -0.1) is 4.36 Å². The van der Waals surface area contributed by atoms with Crippen LogP contribution < -0.4 is 15.4 Å². The van der Waals surface area contributed by atoms with Gasteiger partial charge in [-0.25, -0.2) is 0 Å². The number of amides is 2. The van der Waals surface area contributed by atoms with Crippen molar-refractivity contribution < 1.29 is 22.7 Å². The summed E-state index contributed by atoms with van der Waals surface area (Å²) in [5.74, 6) is -0.455. The normalized spacial score (nSPS) is 10.9. The lowest BCUT2D eigenvalue weighted by molar-refractivity contribution is 0.102. The summed E-state index contributed by atoms with van der Waals surface area (Å²) < 4.78 is 32.6. The molecule has 0 saturated heterocycles. The zero-order valence-corrected chi connectivity index (χ0v) is 23.4. The summed E-state index contributed by atoms with van der Waals surface area (Å²) in [4.78, 5) is 26.9. The van der Waals surface area contributed by atoms with Gasteiger partial charge in [-0.3, -0.25) is 9.59 Å². The van der Waals surface area contributed by atoms with Crippen LogP contribution in [-0.2, 0) is 15.9 Å². The molecule has 4 aromatic carbocycles. The van der Waals surface area contributed by atoms with Crippen molar-refractivity contribution in [2.75, 3.05) is 17.7 Å². The number of hydrogen-bond donors (Lipinski definition) is 2. The second-order valence-electron chi connectivity index (χ2n) is 10.0. The van der Waals surface area contributed by atoms with Crippen LogP contribution in [0.25, 0.3) is 11.1 Å². The maximum atomic E-state index is 13.5. The fourth-order valence-corrected chi connectivity index (χ4v) is 4.45. The van der Waals surface area contributed by atoms with Gasteiger partial charge >= 0.3 is 10.5 Å². The van der Waals surface area contributed by atoms with Crippen LogP contribution in [0.4, 0.5) is 17.1 Å². The summed E-state index contributed by atoms with van der Waals surface area (Å²) in [5.41, 5.74) is 2.83. The molecule has 2 amide bonds. The second-order valence-corrected chi connectivity index (χ2v) is 10.6. The van der Waals surface area contributed by atoms with Gasteiger partial charge in [0.05, 0.1) is 18.4 Å². The van der Waals surface area contributed by atoms with Crippen molar-refractivity contribution in [3.05, 3.63) is 108 Å². The summed E-state index contributed by atoms with van der Waals surface area (Å²) in [6.45, 7) is 6.21. The van der Waals surface area contributed by atoms with Gasteiger partial charge in [0.1, 0.15) is 11.4 Å². The maximum Gasteiger partial charge on any atom is 0.316 e. The molecule has 0 radical (unpaired) electrons. The van der Waals surface area contributed by atoms with E-state index in [9.17, 15) is 18.0 Å². The van der Waals surface area contributed by atoms with Gasteiger partial charge < -0.3 is 15.4 Å². The summed E-state index contributed by atoms with van der Waals surface area (Å²) in [6, 6.07) is 26.0. The lowest BCUT2D eigenvalue weighted by Gasteiger charge is -2.19. The van der Waals surface area contributed by atoms with Crippen LogP contribution in [0, 0.1) is 0 Å². The lowest BCUT2D eigenvalue weighted by Crippen LogP contribution is -2.19. The Morgan fingerprint density at radius 2 is 1.43 bits per heavy atom. The Hall–Kier alpha value is -4.76. The molecule has 0 fully saturated rings. The molecule has 0 saturated carbocycles. The molecule has 0 bridgehead atoms. The highest BCUT2D eigenvalue weighted by Crippen LogP contribution is 2.40. The van der Waals surface area contributed by atoms with Crippen LogP contribution in [0.15, 0.2) is 95.4 Å². The number of anilines is 2. The molecule has 2 N–H and O–H groups in total. The highest BCUT2D eigenvalue weighted by Gasteiger charge is 2.23. The van der Waals surface area contributed by atoms with Crippen molar-refractivity contribution in [1.82, 2.24) is 0 Å². The van der Waals surface area contributed by atoms with Crippen LogP contribution in [0.1, 0.15) is 47.1 Å². The van der Waals surface area contributed by atoms with Crippen molar-refractivity contribution in [2.24, 2.45) is 4.36 Å². The van der Waals surface area contributed by atoms with Gasteiger partial charge in [-0.2, -0.15) is 8.42 Å². The molecule has 40 heavy (non-hydrogen) atoms. The molecule has 8 nitrogen and oxygen atoms in total. The molecular weight excluding hydrogens is 526 g/mol. The molecule has 0 heterocycles. The van der Waals surface area contributed by atoms with Crippen LogP contribution >= 0.6 is 0 Å². The molecule has 4 rings (SSSR count). The van der Waals surface area contributed by atoms with E-state index < -0.39 is 22.3 Å². The van der Waals surface area contributed by atoms with Crippen molar-refractivity contribution in [2.45, 2.75) is 26.2 Å². The number of hydrogen-bond acceptors (Lipinski definition) is 6. The standard InChI is InChI=1S/C31H29N3O5S/c1-31(2,3)22-12-10-21(11-13-22)29(35)33-27-26(30(36)32-23-14-16-24(39-4)17-15-23)19-18-25(28(27)34-40(37)38)20-8-6-5-7-9-20/h5-19H,1-4H3,(H,32,36)(H,33,35). The summed E-state index contributed by atoms with van der Waals surface area (Å²) in [5, 5.41) is 5.55. The molecule has 9 heteroatoms. The van der Waals surface area contributed by atoms with Crippen LogP contribution in [0.2, 0.25) is 0 Å². The number of carbonyl (C=O) groups excluding carboxylic acids is 2. The molecule has 0 aliphatic heterocycles. The van der Waals surface area contributed by atoms with E-state index in [4.69, 9.17) is 4.74 Å². The lowest BCUT2D eigenvalue weighted by atomic mass is 9.86. The fourth-order valence-electron chi connectivity index (χ4n) is 4.11. The van der Waals surface area contributed by atoms with E-state index in [1.54, 1.807) is 73.8 Å². The second kappa shape index (κ2) is 12.0. The SMILES string of the molecule is COc1ccc(NC(=O)c2ccc(-c3ccccc3)c(N=S(=O)=O)c2NC(=O)c2ccc(C(C)(C)C)cc2)cc1. The number of methoxy groups -OCH3 is 1. The number of ether oxygens (including phenoxy) is 1. The van der Waals surface area contributed by atoms with Gasteiger partial charge in [-0.1, -0.05) is 69.3 Å². The Morgan fingerprint density at radius 3 is 2.00 bits per heavy atom.